The molecule has 1 aliphatic rings. The van der Waals surface area contributed by atoms with Gasteiger partial charge in [-0.3, -0.25) is 14.8 Å². The van der Waals surface area contributed by atoms with E-state index in [2.05, 4.69) is 35.7 Å². The first-order valence-corrected chi connectivity index (χ1v) is 13.3. The molecule has 196 valence electrons. The number of thiazole rings is 1. The Kier molecular flexibility index (Phi) is 7.37. The van der Waals surface area contributed by atoms with E-state index in [9.17, 15) is 14.7 Å². The molecule has 1 aliphatic heterocycles. The van der Waals surface area contributed by atoms with Gasteiger partial charge in [-0.25, -0.2) is 9.78 Å². The van der Waals surface area contributed by atoms with Gasteiger partial charge in [0, 0.05) is 35.5 Å². The minimum absolute atomic E-state index is 0.0286. The van der Waals surface area contributed by atoms with Crippen molar-refractivity contribution in [2.45, 2.75) is 70.4 Å². The molecule has 1 fully saturated rings. The third-order valence-corrected chi connectivity index (χ3v) is 7.62. The third kappa shape index (κ3) is 4.97. The van der Waals surface area contributed by atoms with Gasteiger partial charge in [-0.15, -0.1) is 11.3 Å². The summed E-state index contributed by atoms with van der Waals surface area (Å²) in [4.78, 5) is 42.4. The Morgan fingerprint density at radius 1 is 1.22 bits per heavy atom. The lowest BCUT2D eigenvalue weighted by molar-refractivity contribution is -0.150. The van der Waals surface area contributed by atoms with E-state index < -0.39 is 17.6 Å². The Bertz CT molecular complexity index is 1260. The van der Waals surface area contributed by atoms with Crippen LogP contribution in [0.25, 0.3) is 0 Å². The van der Waals surface area contributed by atoms with Crippen LogP contribution in [0.1, 0.15) is 86.7 Å². The minimum Gasteiger partial charge on any atom is -0.496 e. The van der Waals surface area contributed by atoms with E-state index in [0.717, 1.165) is 5.56 Å². The molecule has 0 unspecified atom stereocenters. The zero-order chi connectivity index (χ0) is 27.0. The van der Waals surface area contributed by atoms with Crippen LogP contribution in [-0.2, 0) is 10.2 Å². The molecule has 1 aromatic carbocycles. The van der Waals surface area contributed by atoms with Gasteiger partial charge in [-0.2, -0.15) is 0 Å². The van der Waals surface area contributed by atoms with Crippen LogP contribution in [-0.4, -0.2) is 49.5 Å². The number of carbonyl (C=O) groups excluding carboxylic acids is 1. The van der Waals surface area contributed by atoms with Gasteiger partial charge in [-0.05, 0) is 41.9 Å². The van der Waals surface area contributed by atoms with E-state index in [0.29, 0.717) is 29.1 Å². The number of nitrogens with zero attached hydrogens (tertiary/aromatic N) is 4. The summed E-state index contributed by atoms with van der Waals surface area (Å²) in [5.41, 5.74) is 2.70. The van der Waals surface area contributed by atoms with E-state index in [4.69, 9.17) is 4.74 Å². The molecule has 0 saturated carbocycles. The van der Waals surface area contributed by atoms with Gasteiger partial charge in [0.25, 0.3) is 5.91 Å². The lowest BCUT2D eigenvalue weighted by Crippen LogP contribution is -2.54. The van der Waals surface area contributed by atoms with E-state index in [1.807, 2.05) is 25.3 Å². The van der Waals surface area contributed by atoms with Gasteiger partial charge in [0.15, 0.2) is 0 Å². The highest BCUT2D eigenvalue weighted by molar-refractivity contribution is 7.07. The van der Waals surface area contributed by atoms with E-state index >= 15 is 0 Å². The Morgan fingerprint density at radius 3 is 2.51 bits per heavy atom. The Labute approximate surface area is 221 Å². The van der Waals surface area contributed by atoms with Gasteiger partial charge in [0.05, 0.1) is 30.1 Å². The number of amides is 1. The van der Waals surface area contributed by atoms with Crippen LogP contribution in [0.4, 0.5) is 0 Å². The van der Waals surface area contributed by atoms with Crippen molar-refractivity contribution >= 4 is 23.2 Å². The van der Waals surface area contributed by atoms with Crippen molar-refractivity contribution < 1.29 is 19.4 Å². The number of carbonyl (C=O) groups is 2. The van der Waals surface area contributed by atoms with Crippen molar-refractivity contribution in [1.82, 2.24) is 19.9 Å². The van der Waals surface area contributed by atoms with E-state index in [1.54, 1.807) is 48.2 Å². The number of methoxy groups -OCH3 is 1. The molecule has 4 rings (SSSR count). The Balaban J connectivity index is 1.93. The van der Waals surface area contributed by atoms with E-state index in [-0.39, 0.29) is 29.6 Å². The molecule has 37 heavy (non-hydrogen) atoms. The first kappa shape index (κ1) is 26.7. The Morgan fingerprint density at radius 2 is 1.97 bits per heavy atom. The maximum atomic E-state index is 14.4. The molecular weight excluding hydrogens is 488 g/mol. The average Bonchev–Trinajstić information content (AvgIpc) is 3.49. The van der Waals surface area contributed by atoms with Gasteiger partial charge in [0.2, 0.25) is 0 Å². The quantitative estimate of drug-likeness (QED) is 0.438. The van der Waals surface area contributed by atoms with Crippen molar-refractivity contribution in [3.05, 3.63) is 70.2 Å². The predicted molar refractivity (Wildman–Crippen MR) is 142 cm³/mol. The molecule has 0 bridgehead atoms. The average molecular weight is 523 g/mol. The van der Waals surface area contributed by atoms with Crippen LogP contribution in [0.3, 0.4) is 0 Å². The van der Waals surface area contributed by atoms with Crippen LogP contribution in [0.2, 0.25) is 0 Å². The summed E-state index contributed by atoms with van der Waals surface area (Å²) in [6, 6.07) is 4.77. The molecule has 0 spiro atoms. The van der Waals surface area contributed by atoms with Crippen LogP contribution in [0.15, 0.2) is 47.7 Å². The van der Waals surface area contributed by atoms with E-state index in [1.165, 1.54) is 11.3 Å². The van der Waals surface area contributed by atoms with Crippen LogP contribution >= 0.6 is 11.3 Å². The molecule has 8 nitrogen and oxygen atoms in total. The smallest absolute Gasteiger partial charge is 0.329 e. The van der Waals surface area contributed by atoms with Crippen LogP contribution < -0.4 is 4.74 Å². The van der Waals surface area contributed by atoms with Crippen molar-refractivity contribution in [2.24, 2.45) is 5.92 Å². The first-order chi connectivity index (χ1) is 17.5. The lowest BCUT2D eigenvalue weighted by atomic mass is 9.82. The standard InChI is InChI=1S/C28H34N4O4S/c1-17(2)12-28(26(34)35)13-19(21-14-29-9-10-30-21)24(22-15-37-16-31-22)32(28)25(33)18-7-8-20(27(3,4)5)23(11-18)36-6/h7-11,14-17,19,24H,12-13H2,1-6H3,(H,34,35)/t19-,24-,28+/m1/s1. The fraction of sp³-hybridized carbons (Fsp3) is 0.464. The number of carboxylic acids is 1. The third-order valence-electron chi connectivity index (χ3n) is 7.01. The van der Waals surface area contributed by atoms with Crippen molar-refractivity contribution in [3.63, 3.8) is 0 Å². The maximum absolute atomic E-state index is 14.4. The minimum atomic E-state index is -1.45. The Hall–Kier alpha value is -3.33. The summed E-state index contributed by atoms with van der Waals surface area (Å²) in [6.07, 6.45) is 5.34. The molecule has 2 aromatic heterocycles. The fourth-order valence-corrected chi connectivity index (χ4v) is 6.12. The second-order valence-corrected chi connectivity index (χ2v) is 11.8. The number of aromatic nitrogens is 3. The monoisotopic (exact) mass is 522 g/mol. The van der Waals surface area contributed by atoms with Gasteiger partial charge in [0.1, 0.15) is 11.3 Å². The number of aliphatic carboxylic acids is 1. The van der Waals surface area contributed by atoms with Crippen LogP contribution in [0.5, 0.6) is 5.75 Å². The highest BCUT2D eigenvalue weighted by atomic mass is 32.1. The number of likely N-dealkylation sites (tertiary alicyclic amines) is 1. The molecule has 3 aromatic rings. The SMILES string of the molecule is COc1cc(C(=O)N2[C@@H](c3cscn3)[C@@H](c3cnccn3)C[C@@]2(CC(C)C)C(=O)O)ccc1C(C)(C)C. The number of rotatable bonds is 7. The van der Waals surface area contributed by atoms with Crippen molar-refractivity contribution in [3.8, 4) is 5.75 Å². The topological polar surface area (TPSA) is 106 Å². The number of carboxylic acid groups (broad SMARTS) is 1. The summed E-state index contributed by atoms with van der Waals surface area (Å²) in [5.74, 6) is -1.16. The van der Waals surface area contributed by atoms with Gasteiger partial charge >= 0.3 is 5.97 Å². The maximum Gasteiger partial charge on any atom is 0.329 e. The predicted octanol–water partition coefficient (Wildman–Crippen LogP) is 5.48. The molecule has 9 heteroatoms. The summed E-state index contributed by atoms with van der Waals surface area (Å²) in [7, 11) is 1.58. The molecule has 3 atom stereocenters. The lowest BCUT2D eigenvalue weighted by Gasteiger charge is -2.39. The van der Waals surface area contributed by atoms with Crippen LogP contribution in [0, 0.1) is 5.92 Å². The molecule has 0 radical (unpaired) electrons. The zero-order valence-electron chi connectivity index (χ0n) is 22.1. The first-order valence-electron chi connectivity index (χ1n) is 12.4. The molecule has 0 aliphatic carbocycles. The molecule has 1 saturated heterocycles. The molecule has 1 N–H and O–H groups in total. The summed E-state index contributed by atoms with van der Waals surface area (Å²) in [5, 5.41) is 12.6. The highest BCUT2D eigenvalue weighted by Gasteiger charge is 2.60. The fourth-order valence-electron chi connectivity index (χ4n) is 5.53. The summed E-state index contributed by atoms with van der Waals surface area (Å²) < 4.78 is 5.66. The summed E-state index contributed by atoms with van der Waals surface area (Å²) >= 11 is 1.41. The number of hydrogen-bond acceptors (Lipinski definition) is 7. The van der Waals surface area contributed by atoms with Gasteiger partial charge in [-0.1, -0.05) is 40.7 Å². The largest absolute Gasteiger partial charge is 0.496 e. The number of ether oxygens (including phenoxy) is 1. The van der Waals surface area contributed by atoms with Crippen molar-refractivity contribution in [1.29, 1.82) is 0 Å². The molecular formula is C28H34N4O4S. The summed E-state index contributed by atoms with van der Waals surface area (Å²) in [6.45, 7) is 10.2. The van der Waals surface area contributed by atoms with Gasteiger partial charge < -0.3 is 14.7 Å². The number of hydrogen-bond donors (Lipinski definition) is 1. The van der Waals surface area contributed by atoms with Crippen molar-refractivity contribution in [2.75, 3.05) is 7.11 Å². The number of benzene rings is 1. The zero-order valence-corrected chi connectivity index (χ0v) is 23.0. The normalized spacial score (nSPS) is 21.9. The second kappa shape index (κ2) is 10.2. The second-order valence-electron chi connectivity index (χ2n) is 11.1. The highest BCUT2D eigenvalue weighted by Crippen LogP contribution is 2.54. The molecule has 3 heterocycles. The molecule has 1 amide bonds.